The lowest BCUT2D eigenvalue weighted by molar-refractivity contribution is -0.141. The molecule has 0 radical (unpaired) electrons. The summed E-state index contributed by atoms with van der Waals surface area (Å²) in [5.74, 6) is -1.60. The molecule has 3 heteroatoms. The van der Waals surface area contributed by atoms with Crippen molar-refractivity contribution in [2.75, 3.05) is 0 Å². The first-order valence-electron chi connectivity index (χ1n) is 5.08. The van der Waals surface area contributed by atoms with Gasteiger partial charge < -0.3 is 5.11 Å². The van der Waals surface area contributed by atoms with Crippen molar-refractivity contribution in [2.24, 2.45) is 11.3 Å². The van der Waals surface area contributed by atoms with Gasteiger partial charge in [-0.15, -0.1) is 6.58 Å². The molecule has 82 valence electrons. The lowest BCUT2D eigenvalue weighted by Crippen LogP contribution is -2.27. The third-order valence-corrected chi connectivity index (χ3v) is 3.12. The summed E-state index contributed by atoms with van der Waals surface area (Å²) in [5.41, 5.74) is -0.808. The van der Waals surface area contributed by atoms with Gasteiger partial charge in [0.25, 0.3) is 0 Å². The average molecular weight is 216 g/mol. The number of hydrogen-bond acceptors (Lipinski definition) is 2. The summed E-state index contributed by atoms with van der Waals surface area (Å²) < 4.78 is 0. The lowest BCUT2D eigenvalue weighted by atomic mass is 9.92. The predicted molar refractivity (Wildman–Crippen MR) is 59.1 cm³/mol. The van der Waals surface area contributed by atoms with Crippen molar-refractivity contribution in [3.8, 4) is 0 Å². The molecule has 0 saturated heterocycles. The fourth-order valence-corrected chi connectivity index (χ4v) is 2.02. The maximum absolute atomic E-state index is 12.1. The Hall–Kier alpha value is -1.90. The Morgan fingerprint density at radius 1 is 1.38 bits per heavy atom. The summed E-state index contributed by atoms with van der Waals surface area (Å²) in [4.78, 5) is 23.3. The molecule has 0 amide bonds. The smallest absolute Gasteiger partial charge is 0.318 e. The van der Waals surface area contributed by atoms with E-state index in [1.807, 2.05) is 0 Å². The van der Waals surface area contributed by atoms with Crippen molar-refractivity contribution in [3.05, 3.63) is 48.6 Å². The molecule has 2 atom stereocenters. The van der Waals surface area contributed by atoms with E-state index in [-0.39, 0.29) is 11.7 Å². The molecule has 1 N–H and O–H groups in total. The van der Waals surface area contributed by atoms with Crippen LogP contribution in [0.3, 0.4) is 0 Å². The van der Waals surface area contributed by atoms with Crippen LogP contribution in [-0.4, -0.2) is 16.9 Å². The molecule has 1 aliphatic carbocycles. The molecule has 1 aromatic rings. The zero-order valence-corrected chi connectivity index (χ0v) is 8.72. The minimum atomic E-state index is -1.26. The monoisotopic (exact) mass is 216 g/mol. The summed E-state index contributed by atoms with van der Waals surface area (Å²) in [6.45, 7) is 3.56. The molecule has 0 aliphatic heterocycles. The molecular formula is C13H12O3. The second-order valence-electron chi connectivity index (χ2n) is 4.02. The molecule has 1 aromatic carbocycles. The number of carbonyl (C=O) groups is 2. The highest BCUT2D eigenvalue weighted by molar-refractivity contribution is 6.15. The van der Waals surface area contributed by atoms with E-state index in [0.717, 1.165) is 0 Å². The van der Waals surface area contributed by atoms with Crippen molar-refractivity contribution in [1.82, 2.24) is 0 Å². The Kier molecular flexibility index (Phi) is 2.38. The van der Waals surface area contributed by atoms with E-state index in [9.17, 15) is 9.59 Å². The van der Waals surface area contributed by atoms with Gasteiger partial charge in [-0.25, -0.2) is 0 Å². The van der Waals surface area contributed by atoms with Crippen LogP contribution < -0.4 is 0 Å². The van der Waals surface area contributed by atoms with E-state index in [0.29, 0.717) is 12.0 Å². The Bertz CT molecular complexity index is 450. The van der Waals surface area contributed by atoms with Crippen molar-refractivity contribution < 1.29 is 14.7 Å². The van der Waals surface area contributed by atoms with Crippen molar-refractivity contribution in [2.45, 2.75) is 6.42 Å². The van der Waals surface area contributed by atoms with Gasteiger partial charge in [-0.05, 0) is 6.42 Å². The summed E-state index contributed by atoms with van der Waals surface area (Å²) in [6, 6.07) is 8.54. The van der Waals surface area contributed by atoms with Gasteiger partial charge in [-0.3, -0.25) is 9.59 Å². The van der Waals surface area contributed by atoms with Gasteiger partial charge in [0.05, 0.1) is 0 Å². The van der Waals surface area contributed by atoms with Crippen LogP contribution in [0.2, 0.25) is 0 Å². The fourth-order valence-electron chi connectivity index (χ4n) is 2.02. The number of carboxylic acid groups (broad SMARTS) is 1. The highest BCUT2D eigenvalue weighted by Gasteiger charge is 2.64. The molecule has 16 heavy (non-hydrogen) atoms. The van der Waals surface area contributed by atoms with Gasteiger partial charge in [-0.2, -0.15) is 0 Å². The molecule has 0 bridgehead atoms. The molecular weight excluding hydrogens is 204 g/mol. The quantitative estimate of drug-likeness (QED) is 0.476. The van der Waals surface area contributed by atoms with Gasteiger partial charge >= 0.3 is 5.97 Å². The molecule has 0 aromatic heterocycles. The van der Waals surface area contributed by atoms with Crippen molar-refractivity contribution in [1.29, 1.82) is 0 Å². The Morgan fingerprint density at radius 3 is 2.44 bits per heavy atom. The fraction of sp³-hybridized carbons (Fsp3) is 0.231. The Balaban J connectivity index is 2.35. The van der Waals surface area contributed by atoms with Crippen LogP contribution in [0.5, 0.6) is 0 Å². The molecule has 0 heterocycles. The first-order chi connectivity index (χ1) is 7.63. The number of aliphatic carboxylic acids is 1. The first kappa shape index (κ1) is 10.6. The van der Waals surface area contributed by atoms with E-state index >= 15 is 0 Å². The molecule has 0 spiro atoms. The number of hydrogen-bond donors (Lipinski definition) is 1. The normalized spacial score (nSPS) is 27.1. The highest BCUT2D eigenvalue weighted by Crippen LogP contribution is 2.55. The molecule has 1 aliphatic rings. The summed E-state index contributed by atoms with van der Waals surface area (Å²) in [7, 11) is 0. The van der Waals surface area contributed by atoms with E-state index in [1.165, 1.54) is 0 Å². The number of Topliss-reactive ketones (excluding diaryl/α,β-unsaturated/α-hetero) is 1. The number of rotatable bonds is 4. The van der Waals surface area contributed by atoms with Gasteiger partial charge in [0, 0.05) is 11.5 Å². The van der Waals surface area contributed by atoms with Gasteiger partial charge in [0.1, 0.15) is 5.41 Å². The van der Waals surface area contributed by atoms with Gasteiger partial charge in [0.2, 0.25) is 0 Å². The highest BCUT2D eigenvalue weighted by atomic mass is 16.4. The van der Waals surface area contributed by atoms with E-state index in [4.69, 9.17) is 5.11 Å². The van der Waals surface area contributed by atoms with Crippen LogP contribution in [-0.2, 0) is 4.79 Å². The lowest BCUT2D eigenvalue weighted by Gasteiger charge is -2.09. The van der Waals surface area contributed by atoms with E-state index in [2.05, 4.69) is 6.58 Å². The molecule has 1 fully saturated rings. The number of benzene rings is 1. The average Bonchev–Trinajstić information content (AvgIpc) is 3.05. The number of allylic oxidation sites excluding steroid dienone is 1. The van der Waals surface area contributed by atoms with Crippen molar-refractivity contribution >= 4 is 11.8 Å². The zero-order valence-electron chi connectivity index (χ0n) is 8.72. The predicted octanol–water partition coefficient (Wildman–Crippen LogP) is 2.15. The minimum Gasteiger partial charge on any atom is -0.480 e. The largest absolute Gasteiger partial charge is 0.480 e. The molecule has 2 unspecified atom stereocenters. The van der Waals surface area contributed by atoms with Crippen LogP contribution in [0.1, 0.15) is 16.8 Å². The number of carboxylic acids is 1. The second-order valence-corrected chi connectivity index (χ2v) is 4.02. The number of carbonyl (C=O) groups excluding carboxylic acids is 1. The Labute approximate surface area is 93.4 Å². The van der Waals surface area contributed by atoms with E-state index < -0.39 is 11.4 Å². The second kappa shape index (κ2) is 3.59. The first-order valence-corrected chi connectivity index (χ1v) is 5.08. The SMILES string of the molecule is C=CC1CC1(C(=O)O)C(=O)c1ccccc1. The molecule has 1 saturated carbocycles. The summed E-state index contributed by atoms with van der Waals surface area (Å²) in [6.07, 6.45) is 1.91. The van der Waals surface area contributed by atoms with Crippen LogP contribution in [0.15, 0.2) is 43.0 Å². The van der Waals surface area contributed by atoms with Gasteiger partial charge in [0.15, 0.2) is 5.78 Å². The van der Waals surface area contributed by atoms with Gasteiger partial charge in [-0.1, -0.05) is 36.4 Å². The summed E-state index contributed by atoms with van der Waals surface area (Å²) >= 11 is 0. The van der Waals surface area contributed by atoms with Crippen molar-refractivity contribution in [3.63, 3.8) is 0 Å². The van der Waals surface area contributed by atoms with Crippen LogP contribution >= 0.6 is 0 Å². The van der Waals surface area contributed by atoms with Crippen LogP contribution in [0.25, 0.3) is 0 Å². The molecule has 2 rings (SSSR count). The topological polar surface area (TPSA) is 54.4 Å². The third-order valence-electron chi connectivity index (χ3n) is 3.12. The third kappa shape index (κ3) is 1.36. The summed E-state index contributed by atoms with van der Waals surface area (Å²) in [5, 5.41) is 9.17. The standard InChI is InChI=1S/C13H12O3/c1-2-10-8-13(10,12(15)16)11(14)9-6-4-3-5-7-9/h2-7,10H,1,8H2,(H,15,16). The van der Waals surface area contributed by atoms with E-state index in [1.54, 1.807) is 36.4 Å². The maximum Gasteiger partial charge on any atom is 0.318 e. The zero-order chi connectivity index (χ0) is 11.8. The molecule has 3 nitrogen and oxygen atoms in total. The Morgan fingerprint density at radius 2 is 2.00 bits per heavy atom. The number of ketones is 1. The van der Waals surface area contributed by atoms with Crippen LogP contribution in [0, 0.1) is 11.3 Å². The van der Waals surface area contributed by atoms with Crippen LogP contribution in [0.4, 0.5) is 0 Å². The minimum absolute atomic E-state index is 0.238. The maximum atomic E-state index is 12.1.